The fraction of sp³-hybridized carbons (Fsp3) is 0.182. The van der Waals surface area contributed by atoms with E-state index in [0.29, 0.717) is 0 Å². The van der Waals surface area contributed by atoms with E-state index >= 15 is 0 Å². The zero-order valence-electron chi connectivity index (χ0n) is 16.7. The minimum absolute atomic E-state index is 0.0557. The van der Waals surface area contributed by atoms with E-state index in [-0.39, 0.29) is 12.1 Å². The first-order valence-electron chi connectivity index (χ1n) is 9.58. The summed E-state index contributed by atoms with van der Waals surface area (Å²) in [5, 5.41) is 20.0. The number of aromatic nitrogens is 6. The Balaban J connectivity index is 1.67. The molecule has 3 aromatic heterocycles. The van der Waals surface area contributed by atoms with Crippen LogP contribution < -0.4 is 0 Å². The summed E-state index contributed by atoms with van der Waals surface area (Å²) in [6.45, 7) is 1.61. The van der Waals surface area contributed by atoms with Gasteiger partial charge in [0.25, 0.3) is 0 Å². The highest BCUT2D eigenvalue weighted by Gasteiger charge is 2.40. The van der Waals surface area contributed by atoms with Crippen molar-refractivity contribution < 1.29 is 13.9 Å². The van der Waals surface area contributed by atoms with E-state index in [0.717, 1.165) is 23.3 Å². The van der Waals surface area contributed by atoms with Crippen molar-refractivity contribution in [2.75, 3.05) is 0 Å². The molecule has 1 N–H and O–H groups in total. The van der Waals surface area contributed by atoms with Gasteiger partial charge in [-0.2, -0.15) is 10.2 Å². The Morgan fingerprint density at radius 3 is 2.65 bits per heavy atom. The standard InChI is InChI=1S/C22H20F2N6O/c1-16(30-12-18(11-27-30)5-4-17-3-2-8-25-10-17)22(31,13-29-15-26-14-28-29)20-7-6-19(23)9-21(20)24/h2-12,14-16,31H,13H2,1H3/b5-4+/t16-,22-/m1/s1. The molecule has 158 valence electrons. The second kappa shape index (κ2) is 8.57. The Morgan fingerprint density at radius 1 is 1.10 bits per heavy atom. The molecule has 7 nitrogen and oxygen atoms in total. The molecule has 0 aliphatic heterocycles. The van der Waals surface area contributed by atoms with Crippen LogP contribution in [0.4, 0.5) is 8.78 Å². The predicted octanol–water partition coefficient (Wildman–Crippen LogP) is 3.47. The first-order valence-corrected chi connectivity index (χ1v) is 9.58. The average Bonchev–Trinajstić information content (AvgIpc) is 3.44. The molecule has 0 saturated heterocycles. The summed E-state index contributed by atoms with van der Waals surface area (Å²) < 4.78 is 31.1. The van der Waals surface area contributed by atoms with E-state index in [9.17, 15) is 13.9 Å². The van der Waals surface area contributed by atoms with Gasteiger partial charge in [-0.05, 0) is 24.6 Å². The summed E-state index contributed by atoms with van der Waals surface area (Å²) in [5.41, 5.74) is -0.112. The number of hydrogen-bond acceptors (Lipinski definition) is 5. The average molecular weight is 422 g/mol. The Morgan fingerprint density at radius 2 is 1.94 bits per heavy atom. The van der Waals surface area contributed by atoms with Gasteiger partial charge < -0.3 is 5.11 Å². The van der Waals surface area contributed by atoms with Crippen LogP contribution in [0.15, 0.2) is 67.8 Å². The third-order valence-corrected chi connectivity index (χ3v) is 5.13. The summed E-state index contributed by atoms with van der Waals surface area (Å²) in [6.07, 6.45) is 13.3. The SMILES string of the molecule is C[C@@H](n1cc(/C=C/c2cccnc2)cn1)[C@](O)(Cn1cncn1)c1ccc(F)cc1F. The Labute approximate surface area is 177 Å². The Bertz CT molecular complexity index is 1180. The van der Waals surface area contributed by atoms with Gasteiger partial charge in [-0.15, -0.1) is 0 Å². The highest BCUT2D eigenvalue weighted by Crippen LogP contribution is 2.36. The van der Waals surface area contributed by atoms with Crippen molar-refractivity contribution in [3.05, 3.63) is 96.1 Å². The maximum Gasteiger partial charge on any atom is 0.137 e. The summed E-state index contributed by atoms with van der Waals surface area (Å²) >= 11 is 0. The molecule has 0 saturated carbocycles. The molecule has 9 heteroatoms. The molecule has 0 aliphatic carbocycles. The number of benzene rings is 1. The van der Waals surface area contributed by atoms with Gasteiger partial charge in [0, 0.05) is 35.8 Å². The van der Waals surface area contributed by atoms with Crippen LogP contribution in [-0.2, 0) is 12.1 Å². The molecular formula is C22H20F2N6O. The van der Waals surface area contributed by atoms with Crippen LogP contribution >= 0.6 is 0 Å². The topological polar surface area (TPSA) is 81.6 Å². The number of hydrogen-bond donors (Lipinski definition) is 1. The predicted molar refractivity (Wildman–Crippen MR) is 110 cm³/mol. The highest BCUT2D eigenvalue weighted by molar-refractivity contribution is 5.68. The summed E-state index contributed by atoms with van der Waals surface area (Å²) in [7, 11) is 0. The van der Waals surface area contributed by atoms with Crippen molar-refractivity contribution in [1.29, 1.82) is 0 Å². The summed E-state index contributed by atoms with van der Waals surface area (Å²) in [6, 6.07) is 6.15. The number of aliphatic hydroxyl groups is 1. The van der Waals surface area contributed by atoms with Crippen LogP contribution in [0, 0.1) is 11.6 Å². The van der Waals surface area contributed by atoms with Crippen LogP contribution in [0.25, 0.3) is 12.2 Å². The monoisotopic (exact) mass is 422 g/mol. The number of rotatable bonds is 7. The molecule has 4 aromatic rings. The molecule has 0 amide bonds. The van der Waals surface area contributed by atoms with Crippen LogP contribution in [0.5, 0.6) is 0 Å². The first-order chi connectivity index (χ1) is 15.0. The van der Waals surface area contributed by atoms with E-state index in [1.807, 2.05) is 24.3 Å². The first kappa shape index (κ1) is 20.5. The quantitative estimate of drug-likeness (QED) is 0.493. The molecule has 3 heterocycles. The van der Waals surface area contributed by atoms with Gasteiger partial charge in [-0.25, -0.2) is 18.4 Å². The number of nitrogens with zero attached hydrogens (tertiary/aromatic N) is 6. The molecule has 0 spiro atoms. The largest absolute Gasteiger partial charge is 0.381 e. The third kappa shape index (κ3) is 4.41. The Kier molecular flexibility index (Phi) is 5.68. The highest BCUT2D eigenvalue weighted by atomic mass is 19.1. The minimum atomic E-state index is -1.78. The van der Waals surface area contributed by atoms with E-state index in [2.05, 4.69) is 20.2 Å². The molecule has 1 aromatic carbocycles. The normalized spacial score (nSPS) is 14.6. The molecule has 0 fully saturated rings. The molecule has 0 radical (unpaired) electrons. The van der Waals surface area contributed by atoms with E-state index in [4.69, 9.17) is 0 Å². The summed E-state index contributed by atoms with van der Waals surface area (Å²) in [5.74, 6) is -1.57. The van der Waals surface area contributed by atoms with Gasteiger partial charge >= 0.3 is 0 Å². The van der Waals surface area contributed by atoms with Crippen molar-refractivity contribution >= 4 is 12.2 Å². The van der Waals surface area contributed by atoms with Crippen LogP contribution in [0.2, 0.25) is 0 Å². The van der Waals surface area contributed by atoms with Gasteiger partial charge in [-0.3, -0.25) is 9.67 Å². The Hall–Kier alpha value is -3.72. The number of halogens is 2. The van der Waals surface area contributed by atoms with Crippen molar-refractivity contribution in [3.63, 3.8) is 0 Å². The van der Waals surface area contributed by atoms with Gasteiger partial charge in [0.15, 0.2) is 0 Å². The van der Waals surface area contributed by atoms with Crippen molar-refractivity contribution in [2.45, 2.75) is 25.1 Å². The third-order valence-electron chi connectivity index (χ3n) is 5.13. The molecule has 4 rings (SSSR count). The van der Waals surface area contributed by atoms with Gasteiger partial charge in [0.05, 0.1) is 18.8 Å². The maximum absolute atomic E-state index is 14.7. The summed E-state index contributed by atoms with van der Waals surface area (Å²) in [4.78, 5) is 7.94. The van der Waals surface area contributed by atoms with Gasteiger partial charge in [0.1, 0.15) is 29.9 Å². The second-order valence-electron chi connectivity index (χ2n) is 7.19. The molecule has 2 atom stereocenters. The maximum atomic E-state index is 14.7. The van der Waals surface area contributed by atoms with Crippen LogP contribution in [0.1, 0.15) is 29.7 Å². The lowest BCUT2D eigenvalue weighted by Gasteiger charge is -2.34. The fourth-order valence-electron chi connectivity index (χ4n) is 3.38. The fourth-order valence-corrected chi connectivity index (χ4v) is 3.38. The van der Waals surface area contributed by atoms with Crippen LogP contribution in [-0.4, -0.2) is 34.6 Å². The van der Waals surface area contributed by atoms with E-state index in [1.165, 1.54) is 23.4 Å². The second-order valence-corrected chi connectivity index (χ2v) is 7.19. The van der Waals surface area contributed by atoms with E-state index in [1.54, 1.807) is 36.4 Å². The lowest BCUT2D eigenvalue weighted by atomic mass is 9.86. The van der Waals surface area contributed by atoms with Crippen molar-refractivity contribution in [3.8, 4) is 0 Å². The zero-order valence-corrected chi connectivity index (χ0v) is 16.7. The molecular weight excluding hydrogens is 402 g/mol. The zero-order chi connectivity index (χ0) is 21.8. The molecule has 0 bridgehead atoms. The molecule has 0 unspecified atom stereocenters. The molecule has 31 heavy (non-hydrogen) atoms. The molecule has 0 aliphatic rings. The number of pyridine rings is 1. The van der Waals surface area contributed by atoms with E-state index < -0.39 is 23.3 Å². The van der Waals surface area contributed by atoms with Gasteiger partial charge in [-0.1, -0.05) is 24.3 Å². The lowest BCUT2D eigenvalue weighted by Crippen LogP contribution is -2.40. The van der Waals surface area contributed by atoms with Gasteiger partial charge in [0.2, 0.25) is 0 Å². The minimum Gasteiger partial charge on any atom is -0.381 e. The van der Waals surface area contributed by atoms with Crippen molar-refractivity contribution in [1.82, 2.24) is 29.5 Å². The van der Waals surface area contributed by atoms with Crippen LogP contribution in [0.3, 0.4) is 0 Å². The smallest absolute Gasteiger partial charge is 0.137 e. The lowest BCUT2D eigenvalue weighted by molar-refractivity contribution is -0.0369. The van der Waals surface area contributed by atoms with Crippen molar-refractivity contribution in [2.24, 2.45) is 0 Å².